The standard InChI is InChI=1S/CH7NO5P2/c2-1(8(3)4)9(5,6)7/h1,8H,2H2,(H,3,4)(H2,5,6,7). The molecule has 0 fully saturated rings. The van der Waals surface area contributed by atoms with Crippen LogP contribution in [-0.2, 0) is 9.13 Å². The highest BCUT2D eigenvalue weighted by atomic mass is 31.2. The fourth-order valence-electron chi connectivity index (χ4n) is 0.144. The molecule has 0 amide bonds. The van der Waals surface area contributed by atoms with Crippen molar-refractivity contribution in [2.24, 2.45) is 5.73 Å². The molecular weight excluding hydrogens is 168 g/mol. The fraction of sp³-hybridized carbons (Fsp3) is 1.00. The van der Waals surface area contributed by atoms with Crippen LogP contribution < -0.4 is 5.73 Å². The normalized spacial score (nSPS) is 19.1. The summed E-state index contributed by atoms with van der Waals surface area (Å²) in [7, 11) is -7.86. The lowest BCUT2D eigenvalue weighted by atomic mass is 11.5. The van der Waals surface area contributed by atoms with E-state index in [4.69, 9.17) is 14.7 Å². The first kappa shape index (κ1) is 9.30. The van der Waals surface area contributed by atoms with E-state index < -0.39 is 21.1 Å². The lowest BCUT2D eigenvalue weighted by Crippen LogP contribution is -2.14. The minimum absolute atomic E-state index is 1.91. The van der Waals surface area contributed by atoms with Crippen molar-refractivity contribution in [3.8, 4) is 0 Å². The van der Waals surface area contributed by atoms with E-state index in [0.717, 1.165) is 0 Å². The van der Waals surface area contributed by atoms with Crippen LogP contribution >= 0.6 is 15.6 Å². The van der Waals surface area contributed by atoms with E-state index in [1.54, 1.807) is 0 Å². The number of hydrogen-bond acceptors (Lipinski definition) is 3. The van der Waals surface area contributed by atoms with E-state index >= 15 is 0 Å². The van der Waals surface area contributed by atoms with Gasteiger partial charge in [-0.05, 0) is 0 Å². The van der Waals surface area contributed by atoms with Gasteiger partial charge in [-0.3, -0.25) is 9.13 Å². The third-order valence-electron chi connectivity index (χ3n) is 0.615. The fourth-order valence-corrected chi connectivity index (χ4v) is 1.29. The Hall–Kier alpha value is 0.300. The van der Waals surface area contributed by atoms with Crippen LogP contribution in [0, 0.1) is 0 Å². The summed E-state index contributed by atoms with van der Waals surface area (Å²) in [6.07, 6.45) is 0. The predicted octanol–water partition coefficient (Wildman–Crippen LogP) is -1.13. The van der Waals surface area contributed by atoms with E-state index in [9.17, 15) is 9.13 Å². The lowest BCUT2D eigenvalue weighted by molar-refractivity contribution is 0.366. The molecule has 0 aromatic carbocycles. The summed E-state index contributed by atoms with van der Waals surface area (Å²) in [6.45, 7) is 0. The maximum Gasteiger partial charge on any atom is 0.351 e. The van der Waals surface area contributed by atoms with Gasteiger partial charge in [0.15, 0.2) is 5.52 Å². The van der Waals surface area contributed by atoms with Crippen LogP contribution in [0.5, 0.6) is 0 Å². The molecule has 0 aliphatic heterocycles. The van der Waals surface area contributed by atoms with Crippen molar-refractivity contribution in [1.29, 1.82) is 0 Å². The van der Waals surface area contributed by atoms with Gasteiger partial charge in [0.2, 0.25) is 8.03 Å². The largest absolute Gasteiger partial charge is 0.351 e. The second-order valence-corrected chi connectivity index (χ2v) is 4.89. The summed E-state index contributed by atoms with van der Waals surface area (Å²) < 4.78 is 19.9. The highest BCUT2D eigenvalue weighted by Crippen LogP contribution is 2.48. The van der Waals surface area contributed by atoms with Gasteiger partial charge in [-0.2, -0.15) is 0 Å². The van der Waals surface area contributed by atoms with E-state index in [1.807, 2.05) is 0 Å². The van der Waals surface area contributed by atoms with Gasteiger partial charge in [0.25, 0.3) is 0 Å². The molecule has 0 radical (unpaired) electrons. The Bertz CT molecular complexity index is 160. The Balaban J connectivity index is 4.23. The second kappa shape index (κ2) is 2.92. The van der Waals surface area contributed by atoms with Crippen LogP contribution in [0.3, 0.4) is 0 Å². The van der Waals surface area contributed by atoms with Crippen molar-refractivity contribution >= 4 is 15.6 Å². The van der Waals surface area contributed by atoms with Crippen molar-refractivity contribution in [1.82, 2.24) is 0 Å². The van der Waals surface area contributed by atoms with Gasteiger partial charge < -0.3 is 20.4 Å². The zero-order chi connectivity index (χ0) is 7.65. The van der Waals surface area contributed by atoms with E-state index in [1.165, 1.54) is 0 Å². The molecule has 56 valence electrons. The Labute approximate surface area is 51.7 Å². The first-order valence-electron chi connectivity index (χ1n) is 1.89. The summed E-state index contributed by atoms with van der Waals surface area (Å²) in [5.41, 5.74) is 2.70. The maximum atomic E-state index is 10.0. The van der Waals surface area contributed by atoms with Crippen molar-refractivity contribution < 1.29 is 23.8 Å². The Kier molecular flexibility index (Phi) is 3.02. The molecule has 0 rings (SSSR count). The Morgan fingerprint density at radius 1 is 1.56 bits per heavy atom. The average Bonchev–Trinajstić information content (AvgIpc) is 1.62. The van der Waals surface area contributed by atoms with Gasteiger partial charge in [-0.25, -0.2) is 0 Å². The quantitative estimate of drug-likeness (QED) is 0.394. The Morgan fingerprint density at radius 3 is 1.89 bits per heavy atom. The van der Waals surface area contributed by atoms with Crippen LogP contribution in [0.2, 0.25) is 0 Å². The van der Waals surface area contributed by atoms with E-state index in [0.29, 0.717) is 0 Å². The van der Waals surface area contributed by atoms with Crippen molar-refractivity contribution in [2.75, 3.05) is 0 Å². The predicted molar refractivity (Wildman–Crippen MR) is 31.2 cm³/mol. The van der Waals surface area contributed by atoms with Gasteiger partial charge in [0.05, 0.1) is 0 Å². The molecule has 0 saturated carbocycles. The summed E-state index contributed by atoms with van der Waals surface area (Å²) in [5, 5.41) is 0. The number of hydrogen-bond donors (Lipinski definition) is 4. The van der Waals surface area contributed by atoms with E-state index in [-0.39, 0.29) is 0 Å². The SMILES string of the molecule is NC([PH](=O)O)P(=O)(O)O. The van der Waals surface area contributed by atoms with Gasteiger partial charge in [0.1, 0.15) is 0 Å². The van der Waals surface area contributed by atoms with Gasteiger partial charge in [0, 0.05) is 0 Å². The Morgan fingerprint density at radius 2 is 1.89 bits per heavy atom. The summed E-state index contributed by atoms with van der Waals surface area (Å²) in [4.78, 5) is 24.3. The van der Waals surface area contributed by atoms with Crippen LogP contribution in [-0.4, -0.2) is 20.2 Å². The summed E-state index contributed by atoms with van der Waals surface area (Å²) in [5.74, 6) is 0. The second-order valence-electron chi connectivity index (χ2n) is 1.37. The van der Waals surface area contributed by atoms with Crippen molar-refractivity contribution in [2.45, 2.75) is 5.52 Å². The van der Waals surface area contributed by atoms with E-state index in [2.05, 4.69) is 5.73 Å². The molecule has 5 N–H and O–H groups in total. The third kappa shape index (κ3) is 3.11. The molecule has 0 bridgehead atoms. The van der Waals surface area contributed by atoms with Crippen LogP contribution in [0.1, 0.15) is 0 Å². The van der Waals surface area contributed by atoms with Gasteiger partial charge in [-0.15, -0.1) is 0 Å². The first-order chi connectivity index (χ1) is 3.85. The molecule has 0 aromatic heterocycles. The molecule has 0 saturated heterocycles. The molecule has 6 nitrogen and oxygen atoms in total. The lowest BCUT2D eigenvalue weighted by Gasteiger charge is -2.07. The highest BCUT2D eigenvalue weighted by molar-refractivity contribution is 7.65. The molecule has 0 aliphatic rings. The molecular formula is CH7NO5P2. The molecule has 2 atom stereocenters. The third-order valence-corrected chi connectivity index (χ3v) is 3.52. The number of nitrogens with two attached hydrogens (primary N) is 1. The minimum atomic E-state index is -4.55. The molecule has 0 heterocycles. The zero-order valence-corrected chi connectivity index (χ0v) is 6.15. The molecule has 8 heteroatoms. The summed E-state index contributed by atoms with van der Waals surface area (Å²) >= 11 is 0. The topological polar surface area (TPSA) is 121 Å². The monoisotopic (exact) mass is 175 g/mol. The number of rotatable bonds is 2. The van der Waals surface area contributed by atoms with Crippen LogP contribution in [0.25, 0.3) is 0 Å². The molecule has 0 aliphatic carbocycles. The zero-order valence-electron chi connectivity index (χ0n) is 4.26. The maximum absolute atomic E-state index is 10.0. The molecule has 0 spiro atoms. The minimum Gasteiger partial charge on any atom is -0.345 e. The van der Waals surface area contributed by atoms with Gasteiger partial charge >= 0.3 is 7.60 Å². The van der Waals surface area contributed by atoms with Crippen LogP contribution in [0.15, 0.2) is 0 Å². The molecule has 0 aromatic rings. The van der Waals surface area contributed by atoms with Crippen LogP contribution in [0.4, 0.5) is 0 Å². The average molecular weight is 175 g/mol. The molecule has 2 unspecified atom stereocenters. The highest BCUT2D eigenvalue weighted by Gasteiger charge is 2.28. The van der Waals surface area contributed by atoms with Crippen molar-refractivity contribution in [3.63, 3.8) is 0 Å². The van der Waals surface area contributed by atoms with Crippen molar-refractivity contribution in [3.05, 3.63) is 0 Å². The molecule has 9 heavy (non-hydrogen) atoms. The van der Waals surface area contributed by atoms with Gasteiger partial charge in [-0.1, -0.05) is 0 Å². The first-order valence-corrected chi connectivity index (χ1v) is 5.00. The smallest absolute Gasteiger partial charge is 0.345 e. The summed E-state index contributed by atoms with van der Waals surface area (Å²) in [6, 6.07) is 0.